The molecular weight excluding hydrogens is 283 g/mol. The van der Waals surface area contributed by atoms with Crippen LogP contribution in [0.3, 0.4) is 0 Å². The maximum absolute atomic E-state index is 13.2. The monoisotopic (exact) mass is 304 g/mol. The van der Waals surface area contributed by atoms with Crippen LogP contribution in [0.15, 0.2) is 24.3 Å². The highest BCUT2D eigenvalue weighted by atomic mass is 19.1. The first-order chi connectivity index (χ1) is 10.6. The van der Waals surface area contributed by atoms with Gasteiger partial charge in [-0.3, -0.25) is 9.59 Å². The van der Waals surface area contributed by atoms with Crippen LogP contribution in [-0.4, -0.2) is 36.3 Å². The van der Waals surface area contributed by atoms with Gasteiger partial charge >= 0.3 is 0 Å². The summed E-state index contributed by atoms with van der Waals surface area (Å²) >= 11 is 0. The van der Waals surface area contributed by atoms with Crippen LogP contribution < -0.4 is 5.32 Å². The van der Waals surface area contributed by atoms with Crippen molar-refractivity contribution >= 4 is 11.8 Å². The molecule has 2 aliphatic heterocycles. The third-order valence-electron chi connectivity index (χ3n) is 4.91. The molecule has 3 rings (SSSR count). The van der Waals surface area contributed by atoms with Gasteiger partial charge in [0.15, 0.2) is 0 Å². The van der Waals surface area contributed by atoms with Crippen LogP contribution in [0.4, 0.5) is 4.39 Å². The van der Waals surface area contributed by atoms with Crippen molar-refractivity contribution in [2.45, 2.75) is 32.1 Å². The maximum atomic E-state index is 13.2. The number of amides is 2. The van der Waals surface area contributed by atoms with E-state index in [-0.39, 0.29) is 29.5 Å². The molecule has 1 N–H and O–H groups in total. The number of halogens is 1. The van der Waals surface area contributed by atoms with Gasteiger partial charge in [0.2, 0.25) is 11.8 Å². The van der Waals surface area contributed by atoms with E-state index in [1.807, 2.05) is 4.90 Å². The first-order valence-corrected chi connectivity index (χ1v) is 7.90. The smallest absolute Gasteiger partial charge is 0.226 e. The lowest BCUT2D eigenvalue weighted by Crippen LogP contribution is -2.35. The van der Waals surface area contributed by atoms with E-state index >= 15 is 0 Å². The Balaban J connectivity index is 1.63. The Morgan fingerprint density at radius 2 is 2.14 bits per heavy atom. The molecule has 4 nitrogen and oxygen atoms in total. The largest absolute Gasteiger partial charge is 0.356 e. The highest BCUT2D eigenvalue weighted by molar-refractivity contribution is 5.85. The zero-order chi connectivity index (χ0) is 15.6. The molecule has 2 heterocycles. The molecule has 2 aliphatic rings. The summed E-state index contributed by atoms with van der Waals surface area (Å²) in [7, 11) is 0. The molecule has 0 bridgehead atoms. The summed E-state index contributed by atoms with van der Waals surface area (Å²) in [6.45, 7) is 2.04. The molecule has 2 fully saturated rings. The van der Waals surface area contributed by atoms with Crippen LogP contribution >= 0.6 is 0 Å². The van der Waals surface area contributed by atoms with Gasteiger partial charge < -0.3 is 10.2 Å². The third kappa shape index (κ3) is 2.98. The summed E-state index contributed by atoms with van der Waals surface area (Å²) in [6.07, 6.45) is 3.52. The molecule has 22 heavy (non-hydrogen) atoms. The maximum Gasteiger partial charge on any atom is 0.226 e. The zero-order valence-corrected chi connectivity index (χ0v) is 12.6. The summed E-state index contributed by atoms with van der Waals surface area (Å²) in [5.74, 6) is -0.157. The lowest BCUT2D eigenvalue weighted by molar-refractivity contribution is -0.132. The number of nitrogens with one attached hydrogen (secondary N) is 1. The predicted octanol–water partition coefficient (Wildman–Crippen LogP) is 1.89. The normalized spacial score (nSPS) is 25.1. The molecular formula is C17H21FN2O2. The molecule has 0 radical (unpaired) electrons. The summed E-state index contributed by atoms with van der Waals surface area (Å²) in [5, 5.41) is 2.91. The van der Waals surface area contributed by atoms with Gasteiger partial charge in [0.05, 0.1) is 11.8 Å². The lowest BCUT2D eigenvalue weighted by atomic mass is 9.79. The van der Waals surface area contributed by atoms with E-state index in [0.717, 1.165) is 32.2 Å². The second-order valence-electron chi connectivity index (χ2n) is 6.33. The first-order valence-electron chi connectivity index (χ1n) is 7.90. The Hall–Kier alpha value is -1.91. The minimum absolute atomic E-state index is 0.0149. The van der Waals surface area contributed by atoms with E-state index in [0.29, 0.717) is 18.7 Å². The predicted molar refractivity (Wildman–Crippen MR) is 80.6 cm³/mol. The minimum atomic E-state index is -0.317. The van der Waals surface area contributed by atoms with E-state index in [1.54, 1.807) is 12.1 Å². The number of likely N-dealkylation sites (tertiary alicyclic amines) is 1. The van der Waals surface area contributed by atoms with Crippen LogP contribution in [0.5, 0.6) is 0 Å². The zero-order valence-electron chi connectivity index (χ0n) is 12.6. The molecule has 1 aromatic carbocycles. The van der Waals surface area contributed by atoms with E-state index in [4.69, 9.17) is 0 Å². The molecule has 2 saturated heterocycles. The number of benzene rings is 1. The molecule has 1 spiro atoms. The fraction of sp³-hybridized carbons (Fsp3) is 0.529. The van der Waals surface area contributed by atoms with E-state index in [2.05, 4.69) is 5.32 Å². The Kier molecular flexibility index (Phi) is 4.14. The molecule has 0 saturated carbocycles. The van der Waals surface area contributed by atoms with Crippen LogP contribution in [0.25, 0.3) is 0 Å². The van der Waals surface area contributed by atoms with Crippen molar-refractivity contribution in [1.29, 1.82) is 0 Å². The molecule has 1 atom stereocenters. The molecule has 2 amide bonds. The van der Waals surface area contributed by atoms with Crippen molar-refractivity contribution in [2.75, 3.05) is 19.6 Å². The van der Waals surface area contributed by atoms with E-state index in [9.17, 15) is 14.0 Å². The highest BCUT2D eigenvalue weighted by Gasteiger charge is 2.43. The van der Waals surface area contributed by atoms with Crippen LogP contribution in [0.1, 0.15) is 31.2 Å². The Morgan fingerprint density at radius 3 is 2.86 bits per heavy atom. The van der Waals surface area contributed by atoms with Crippen molar-refractivity contribution in [3.8, 4) is 0 Å². The quantitative estimate of drug-likeness (QED) is 0.907. The van der Waals surface area contributed by atoms with Gasteiger partial charge in [-0.2, -0.15) is 0 Å². The summed E-state index contributed by atoms with van der Waals surface area (Å²) in [4.78, 5) is 26.3. The Labute approximate surface area is 129 Å². The van der Waals surface area contributed by atoms with Crippen molar-refractivity contribution in [2.24, 2.45) is 5.41 Å². The van der Waals surface area contributed by atoms with Crippen LogP contribution in [0, 0.1) is 11.2 Å². The number of carbonyl (C=O) groups is 2. The first kappa shape index (κ1) is 15.0. The van der Waals surface area contributed by atoms with Gasteiger partial charge in [0, 0.05) is 19.6 Å². The van der Waals surface area contributed by atoms with Gasteiger partial charge in [0.1, 0.15) is 5.82 Å². The number of hydrogen-bond donors (Lipinski definition) is 1. The van der Waals surface area contributed by atoms with Gasteiger partial charge in [0.25, 0.3) is 0 Å². The molecule has 0 aromatic heterocycles. The standard InChI is InChI=1S/C17H21FN2O2/c18-14-4-1-3-13(11-14)12-15(21)20-9-2-5-17(7-10-20)6-8-19-16(17)22/h1,3-4,11H,2,5-10,12H2,(H,19,22). The summed E-state index contributed by atoms with van der Waals surface area (Å²) in [6, 6.07) is 6.17. The topological polar surface area (TPSA) is 49.4 Å². The van der Waals surface area contributed by atoms with Crippen LogP contribution in [-0.2, 0) is 16.0 Å². The van der Waals surface area contributed by atoms with Crippen molar-refractivity contribution in [1.82, 2.24) is 10.2 Å². The second kappa shape index (κ2) is 6.07. The number of carbonyl (C=O) groups excluding carboxylic acids is 2. The highest BCUT2D eigenvalue weighted by Crippen LogP contribution is 2.38. The molecule has 0 aliphatic carbocycles. The molecule has 1 aromatic rings. The molecule has 118 valence electrons. The number of nitrogens with zero attached hydrogens (tertiary/aromatic N) is 1. The summed E-state index contributed by atoms with van der Waals surface area (Å²) in [5.41, 5.74) is 0.427. The molecule has 1 unspecified atom stereocenters. The van der Waals surface area contributed by atoms with Crippen molar-refractivity contribution < 1.29 is 14.0 Å². The van der Waals surface area contributed by atoms with E-state index in [1.165, 1.54) is 12.1 Å². The second-order valence-corrected chi connectivity index (χ2v) is 6.33. The van der Waals surface area contributed by atoms with Crippen molar-refractivity contribution in [3.05, 3.63) is 35.6 Å². The number of rotatable bonds is 2. The van der Waals surface area contributed by atoms with Gasteiger partial charge in [-0.05, 0) is 43.4 Å². The third-order valence-corrected chi connectivity index (χ3v) is 4.91. The SMILES string of the molecule is O=C(Cc1cccc(F)c1)N1CCCC2(CCNC2=O)CC1. The average molecular weight is 304 g/mol. The van der Waals surface area contributed by atoms with Gasteiger partial charge in [-0.15, -0.1) is 0 Å². The lowest BCUT2D eigenvalue weighted by Gasteiger charge is -2.24. The van der Waals surface area contributed by atoms with Crippen molar-refractivity contribution in [3.63, 3.8) is 0 Å². The van der Waals surface area contributed by atoms with Gasteiger partial charge in [-0.25, -0.2) is 4.39 Å². The van der Waals surface area contributed by atoms with Crippen LogP contribution in [0.2, 0.25) is 0 Å². The average Bonchev–Trinajstić information content (AvgIpc) is 2.71. The van der Waals surface area contributed by atoms with E-state index < -0.39 is 0 Å². The Bertz CT molecular complexity index is 590. The fourth-order valence-electron chi connectivity index (χ4n) is 3.57. The molecule has 5 heteroatoms. The van der Waals surface area contributed by atoms with Gasteiger partial charge in [-0.1, -0.05) is 12.1 Å². The minimum Gasteiger partial charge on any atom is -0.356 e. The summed E-state index contributed by atoms with van der Waals surface area (Å²) < 4.78 is 13.2. The fourth-order valence-corrected chi connectivity index (χ4v) is 3.57. The Morgan fingerprint density at radius 1 is 1.27 bits per heavy atom. The number of hydrogen-bond acceptors (Lipinski definition) is 2.